The Morgan fingerprint density at radius 3 is 1.85 bits per heavy atom. The Bertz CT molecular complexity index is 1630. The van der Waals surface area contributed by atoms with E-state index in [1.807, 2.05) is 0 Å². The van der Waals surface area contributed by atoms with Crippen LogP contribution in [0.5, 0.6) is 0 Å². The van der Waals surface area contributed by atoms with Gasteiger partial charge in [-0.05, 0) is 71.0 Å². The van der Waals surface area contributed by atoms with Crippen LogP contribution in [0.25, 0.3) is 0 Å². The average molecular weight is 610 g/mol. The molecular weight excluding hydrogens is 579 g/mol. The summed E-state index contributed by atoms with van der Waals surface area (Å²) < 4.78 is 114. The van der Waals surface area contributed by atoms with Crippen molar-refractivity contribution < 1.29 is 43.2 Å². The van der Waals surface area contributed by atoms with E-state index in [-0.39, 0.29) is 23.5 Å². The first-order valence-electron chi connectivity index (χ1n) is 11.7. The zero-order valence-corrected chi connectivity index (χ0v) is 24.6. The number of carbonyl (C=O) groups excluding carboxylic acids is 1. The molecular formula is C25H30F3NO7S3. The molecule has 0 atom stereocenters. The fourth-order valence-electron chi connectivity index (χ4n) is 4.12. The highest BCUT2D eigenvalue weighted by Gasteiger charge is 2.50. The molecule has 2 aromatic rings. The Hall–Kier alpha value is -2.45. The van der Waals surface area contributed by atoms with Crippen molar-refractivity contribution in [2.24, 2.45) is 5.92 Å². The van der Waals surface area contributed by atoms with Gasteiger partial charge in [0.05, 0.1) is 35.3 Å². The highest BCUT2D eigenvalue weighted by Crippen LogP contribution is 2.40. The van der Waals surface area contributed by atoms with Gasteiger partial charge in [0, 0.05) is 25.3 Å². The van der Waals surface area contributed by atoms with E-state index in [2.05, 4.69) is 0 Å². The topological polar surface area (TPSA) is 123 Å². The van der Waals surface area contributed by atoms with Crippen LogP contribution in [-0.4, -0.2) is 64.9 Å². The zero-order chi connectivity index (χ0) is 30.0. The predicted molar refractivity (Wildman–Crippen MR) is 139 cm³/mol. The monoisotopic (exact) mass is 609 g/mol. The van der Waals surface area contributed by atoms with E-state index < -0.39 is 72.4 Å². The number of likely N-dealkylation sites (tertiary alicyclic amines) is 1. The minimum Gasteiger partial charge on any atom is -0.338 e. The molecule has 2 aromatic carbocycles. The van der Waals surface area contributed by atoms with Crippen LogP contribution in [0.4, 0.5) is 13.2 Å². The first-order chi connectivity index (χ1) is 17.4. The van der Waals surface area contributed by atoms with Crippen LogP contribution in [0.1, 0.15) is 50.5 Å². The van der Waals surface area contributed by atoms with E-state index in [1.165, 1.54) is 39.5 Å². The van der Waals surface area contributed by atoms with Crippen LogP contribution < -0.4 is 0 Å². The van der Waals surface area contributed by atoms with Gasteiger partial charge in [-0.2, -0.15) is 13.2 Å². The molecule has 0 bridgehead atoms. The first-order valence-corrected chi connectivity index (χ1v) is 16.6. The molecule has 8 nitrogen and oxygen atoms in total. The third-order valence-corrected chi connectivity index (χ3v) is 13.2. The highest BCUT2D eigenvalue weighted by atomic mass is 32.2. The van der Waals surface area contributed by atoms with Crippen LogP contribution in [0.3, 0.4) is 0 Å². The molecule has 39 heavy (non-hydrogen) atoms. The normalized spacial score (nSPS) is 16.2. The lowest BCUT2D eigenvalue weighted by atomic mass is 9.87. The van der Waals surface area contributed by atoms with Crippen molar-refractivity contribution in [3.8, 4) is 0 Å². The molecule has 3 rings (SSSR count). The lowest BCUT2D eigenvalue weighted by Gasteiger charge is -2.47. The summed E-state index contributed by atoms with van der Waals surface area (Å²) in [5.41, 5.74) is -1.36. The molecule has 1 amide bonds. The van der Waals surface area contributed by atoms with Crippen molar-refractivity contribution in [1.82, 2.24) is 4.90 Å². The minimum atomic E-state index is -4.73. The van der Waals surface area contributed by atoms with Crippen LogP contribution in [0, 0.1) is 5.92 Å². The molecule has 0 radical (unpaired) electrons. The standard InChI is InChI=1S/C25H30F3NO7S3/c1-23(2,3)38(33,34)19-10-11-20(21(13-19)37(6,31)32)22(30)29-14-17(15-29)24(4,5)39(35,36)18-9-7-8-16(12-18)25(26,27)28/h7-13,17H,14-15H2,1-6H3. The molecule has 0 aromatic heterocycles. The number of alkyl halides is 3. The van der Waals surface area contributed by atoms with E-state index in [0.717, 1.165) is 42.7 Å². The van der Waals surface area contributed by atoms with Crippen molar-refractivity contribution >= 4 is 35.4 Å². The Labute approximate surface area is 227 Å². The molecule has 1 fully saturated rings. The van der Waals surface area contributed by atoms with Gasteiger partial charge in [0.25, 0.3) is 5.91 Å². The second-order valence-electron chi connectivity index (χ2n) is 11.1. The number of hydrogen-bond donors (Lipinski definition) is 0. The second kappa shape index (κ2) is 9.58. The molecule has 1 heterocycles. The molecule has 0 unspecified atom stereocenters. The Morgan fingerprint density at radius 1 is 0.821 bits per heavy atom. The maximum atomic E-state index is 13.3. The second-order valence-corrected chi connectivity index (χ2v) is 18.3. The molecule has 14 heteroatoms. The number of hydrogen-bond acceptors (Lipinski definition) is 7. The Morgan fingerprint density at radius 2 is 1.36 bits per heavy atom. The van der Waals surface area contributed by atoms with Crippen molar-refractivity contribution in [3.05, 3.63) is 53.6 Å². The van der Waals surface area contributed by atoms with Gasteiger partial charge < -0.3 is 4.90 Å². The molecule has 0 N–H and O–H groups in total. The van der Waals surface area contributed by atoms with Crippen molar-refractivity contribution in [1.29, 1.82) is 0 Å². The molecule has 1 aliphatic rings. The number of amides is 1. The van der Waals surface area contributed by atoms with Gasteiger partial charge in [-0.1, -0.05) is 6.07 Å². The maximum Gasteiger partial charge on any atom is 0.416 e. The van der Waals surface area contributed by atoms with E-state index in [1.54, 1.807) is 0 Å². The van der Waals surface area contributed by atoms with Gasteiger partial charge in [-0.3, -0.25) is 4.79 Å². The number of sulfone groups is 3. The number of rotatable bonds is 6. The van der Waals surface area contributed by atoms with Crippen molar-refractivity contribution in [2.45, 2.75) is 65.0 Å². The fourth-order valence-corrected chi connectivity index (χ4v) is 8.06. The van der Waals surface area contributed by atoms with E-state index in [4.69, 9.17) is 0 Å². The third kappa shape index (κ3) is 5.60. The summed E-state index contributed by atoms with van der Waals surface area (Å²) in [5, 5.41) is 0. The van der Waals surface area contributed by atoms with Crippen LogP contribution in [-0.2, 0) is 35.7 Å². The zero-order valence-electron chi connectivity index (χ0n) is 22.2. The van der Waals surface area contributed by atoms with E-state index in [0.29, 0.717) is 6.07 Å². The van der Waals surface area contributed by atoms with Gasteiger partial charge in [0.1, 0.15) is 0 Å². The van der Waals surface area contributed by atoms with Crippen LogP contribution >= 0.6 is 0 Å². The van der Waals surface area contributed by atoms with E-state index in [9.17, 15) is 43.2 Å². The molecule has 216 valence electrons. The van der Waals surface area contributed by atoms with Gasteiger partial charge in [0.2, 0.25) is 0 Å². The molecule has 1 aliphatic heterocycles. The Balaban J connectivity index is 1.90. The number of carbonyl (C=O) groups is 1. The quantitative estimate of drug-likeness (QED) is 0.485. The minimum absolute atomic E-state index is 0.102. The SMILES string of the molecule is CC(C)(C)S(=O)(=O)c1ccc(C(=O)N2CC(C(C)(C)S(=O)(=O)c3cccc(C(F)(F)F)c3)C2)c(S(C)(=O)=O)c1. The Kier molecular flexibility index (Phi) is 7.64. The molecule has 0 spiro atoms. The van der Waals surface area contributed by atoms with E-state index >= 15 is 0 Å². The molecule has 0 aliphatic carbocycles. The lowest BCUT2D eigenvalue weighted by Crippen LogP contribution is -2.60. The third-order valence-electron chi connectivity index (χ3n) is 7.02. The summed E-state index contributed by atoms with van der Waals surface area (Å²) in [6, 6.07) is 6.66. The molecule has 1 saturated heterocycles. The van der Waals surface area contributed by atoms with Gasteiger partial charge in [-0.25, -0.2) is 25.3 Å². The average Bonchev–Trinajstić information content (AvgIpc) is 2.75. The first kappa shape index (κ1) is 31.1. The van der Waals surface area contributed by atoms with Crippen LogP contribution in [0.15, 0.2) is 57.2 Å². The fraction of sp³-hybridized carbons (Fsp3) is 0.480. The maximum absolute atomic E-state index is 13.3. The predicted octanol–water partition coefficient (Wildman–Crippen LogP) is 4.01. The summed E-state index contributed by atoms with van der Waals surface area (Å²) in [4.78, 5) is 13.2. The number of halogens is 3. The highest BCUT2D eigenvalue weighted by molar-refractivity contribution is 7.93. The molecule has 0 saturated carbocycles. The lowest BCUT2D eigenvalue weighted by molar-refractivity contribution is -0.137. The van der Waals surface area contributed by atoms with Gasteiger partial charge in [-0.15, -0.1) is 0 Å². The van der Waals surface area contributed by atoms with Crippen molar-refractivity contribution in [3.63, 3.8) is 0 Å². The smallest absolute Gasteiger partial charge is 0.338 e. The summed E-state index contributed by atoms with van der Waals surface area (Å²) in [5.74, 6) is -1.40. The summed E-state index contributed by atoms with van der Waals surface area (Å²) in [6.45, 7) is 6.89. The summed E-state index contributed by atoms with van der Waals surface area (Å²) >= 11 is 0. The van der Waals surface area contributed by atoms with Crippen molar-refractivity contribution in [2.75, 3.05) is 19.3 Å². The summed E-state index contributed by atoms with van der Waals surface area (Å²) in [7, 11) is -12.2. The van der Waals surface area contributed by atoms with Crippen LogP contribution in [0.2, 0.25) is 0 Å². The van der Waals surface area contributed by atoms with Gasteiger partial charge in [0.15, 0.2) is 29.5 Å². The van der Waals surface area contributed by atoms with Gasteiger partial charge >= 0.3 is 6.18 Å². The summed E-state index contributed by atoms with van der Waals surface area (Å²) in [6.07, 6.45) is -3.88. The number of nitrogens with zero attached hydrogens (tertiary/aromatic N) is 1. The number of benzene rings is 2. The largest absolute Gasteiger partial charge is 0.416 e.